The molecule has 0 saturated carbocycles. The first-order valence-corrected chi connectivity index (χ1v) is 4.32. The van der Waals surface area contributed by atoms with Crippen LogP contribution in [0.3, 0.4) is 0 Å². The Morgan fingerprint density at radius 2 is 2.20 bits per heavy atom. The summed E-state index contributed by atoms with van der Waals surface area (Å²) in [5.74, 6) is 0. The number of aromatic nitrogens is 1. The summed E-state index contributed by atoms with van der Waals surface area (Å²) in [6.07, 6.45) is 1.32. The molecule has 10 heavy (non-hydrogen) atoms. The molecule has 3 N–H and O–H groups in total. The van der Waals surface area contributed by atoms with Crippen molar-refractivity contribution in [1.82, 2.24) is 4.98 Å². The van der Waals surface area contributed by atoms with Crippen LogP contribution in [0.25, 0.3) is 0 Å². The molecule has 0 saturated heterocycles. The maximum Gasteiger partial charge on any atom is 0.357 e. The smallest absolute Gasteiger partial charge is 0.357 e. The summed E-state index contributed by atoms with van der Waals surface area (Å²) in [5, 5.41) is 0.0463. The van der Waals surface area contributed by atoms with Gasteiger partial charge in [0, 0.05) is 11.9 Å². The van der Waals surface area contributed by atoms with Crippen LogP contribution in [0.4, 0.5) is 0 Å². The van der Waals surface area contributed by atoms with E-state index in [1.165, 1.54) is 12.3 Å². The summed E-state index contributed by atoms with van der Waals surface area (Å²) in [6.45, 7) is 1.74. The van der Waals surface area contributed by atoms with Crippen molar-refractivity contribution in [3.63, 3.8) is 0 Å². The van der Waals surface area contributed by atoms with E-state index in [0.717, 1.165) is 5.69 Å². The Hall–Kier alpha value is -0.570. The minimum Gasteiger partial charge on any atom is -0.364 e. The van der Waals surface area contributed by atoms with Crippen molar-refractivity contribution in [2.75, 3.05) is 0 Å². The zero-order valence-electron chi connectivity index (χ0n) is 5.40. The lowest BCUT2D eigenvalue weighted by atomic mass is 10.5. The molecule has 0 aliphatic rings. The molecule has 0 radical (unpaired) electrons. The Morgan fingerprint density at radius 1 is 1.60 bits per heavy atom. The molecular weight excluding hydrogens is 153 g/mol. The van der Waals surface area contributed by atoms with E-state index in [0.29, 0.717) is 0 Å². The van der Waals surface area contributed by atoms with Gasteiger partial charge in [-0.05, 0) is 13.0 Å². The average Bonchev–Trinajstić information content (AvgIpc) is 2.11. The number of aromatic amines is 1. The summed E-state index contributed by atoms with van der Waals surface area (Å²) < 4.78 is 10.5. The molecule has 4 nitrogen and oxygen atoms in total. The van der Waals surface area contributed by atoms with Gasteiger partial charge >= 0.3 is 7.60 Å². The van der Waals surface area contributed by atoms with Crippen LogP contribution in [0.2, 0.25) is 0 Å². The highest BCUT2D eigenvalue weighted by Crippen LogP contribution is 2.32. The fourth-order valence-electron chi connectivity index (χ4n) is 0.661. The fraction of sp³-hybridized carbons (Fsp3) is 0.200. The highest BCUT2D eigenvalue weighted by Gasteiger charge is 2.17. The predicted octanol–water partition coefficient (Wildman–Crippen LogP) is 0.126. The van der Waals surface area contributed by atoms with Gasteiger partial charge in [-0.25, -0.2) is 0 Å². The van der Waals surface area contributed by atoms with E-state index in [9.17, 15) is 4.57 Å². The Bertz CT molecular complexity index is 274. The van der Waals surface area contributed by atoms with Crippen LogP contribution < -0.4 is 5.30 Å². The molecule has 0 spiro atoms. The first kappa shape index (κ1) is 7.54. The lowest BCUT2D eigenvalue weighted by molar-refractivity contribution is 0.387. The second-order valence-corrected chi connectivity index (χ2v) is 3.69. The van der Waals surface area contributed by atoms with E-state index < -0.39 is 7.60 Å². The molecule has 56 valence electrons. The molecule has 0 atom stereocenters. The molecule has 0 aliphatic heterocycles. The number of aryl methyl sites for hydroxylation is 1. The quantitative estimate of drug-likeness (QED) is 0.512. The summed E-state index contributed by atoms with van der Waals surface area (Å²) in [6, 6.07) is 1.43. The first-order valence-electron chi connectivity index (χ1n) is 2.71. The third-order valence-corrected chi connectivity index (χ3v) is 2.08. The van der Waals surface area contributed by atoms with E-state index in [-0.39, 0.29) is 5.30 Å². The van der Waals surface area contributed by atoms with Crippen molar-refractivity contribution in [1.29, 1.82) is 0 Å². The topological polar surface area (TPSA) is 73.3 Å². The zero-order chi connectivity index (χ0) is 7.78. The van der Waals surface area contributed by atoms with Crippen molar-refractivity contribution in [3.05, 3.63) is 18.0 Å². The molecule has 1 aromatic heterocycles. The standard InChI is InChI=1S/C5H8NO3P/c1-4-2-5(3-6-4)10(7,8)9/h2-3,6H,1H3,(H2,7,8,9). The predicted molar refractivity (Wildman–Crippen MR) is 37.2 cm³/mol. The van der Waals surface area contributed by atoms with Crippen LogP contribution in [0.5, 0.6) is 0 Å². The SMILES string of the molecule is Cc1cc(P(=O)(O)O)c[nH]1. The largest absolute Gasteiger partial charge is 0.364 e. The molecule has 0 aromatic carbocycles. The van der Waals surface area contributed by atoms with Crippen molar-refractivity contribution in [3.8, 4) is 0 Å². The van der Waals surface area contributed by atoms with Gasteiger partial charge in [-0.2, -0.15) is 0 Å². The molecule has 1 heterocycles. The lowest BCUT2D eigenvalue weighted by Crippen LogP contribution is -1.98. The van der Waals surface area contributed by atoms with Gasteiger partial charge in [0.15, 0.2) is 0 Å². The number of H-pyrrole nitrogens is 1. The molecule has 1 rings (SSSR count). The Morgan fingerprint density at radius 3 is 2.40 bits per heavy atom. The van der Waals surface area contributed by atoms with Gasteiger partial charge in [0.25, 0.3) is 0 Å². The third kappa shape index (κ3) is 1.48. The molecule has 0 bridgehead atoms. The summed E-state index contributed by atoms with van der Waals surface area (Å²) in [5.41, 5.74) is 0.748. The molecule has 0 amide bonds. The summed E-state index contributed by atoms with van der Waals surface area (Å²) >= 11 is 0. The Kier molecular flexibility index (Phi) is 1.68. The summed E-state index contributed by atoms with van der Waals surface area (Å²) in [7, 11) is -4.03. The minimum absolute atomic E-state index is 0.0463. The first-order chi connectivity index (χ1) is 4.50. The van der Waals surface area contributed by atoms with Gasteiger partial charge in [-0.3, -0.25) is 4.57 Å². The van der Waals surface area contributed by atoms with Gasteiger partial charge in [-0.1, -0.05) is 0 Å². The number of hydrogen-bond acceptors (Lipinski definition) is 1. The highest BCUT2D eigenvalue weighted by atomic mass is 31.2. The molecular formula is C5H8NO3P. The van der Waals surface area contributed by atoms with Gasteiger partial charge < -0.3 is 14.8 Å². The normalized spacial score (nSPS) is 11.9. The van der Waals surface area contributed by atoms with Crippen LogP contribution in [0.1, 0.15) is 5.69 Å². The monoisotopic (exact) mass is 161 g/mol. The van der Waals surface area contributed by atoms with Gasteiger partial charge in [-0.15, -0.1) is 0 Å². The van der Waals surface area contributed by atoms with E-state index >= 15 is 0 Å². The van der Waals surface area contributed by atoms with Gasteiger partial charge in [0.1, 0.15) is 0 Å². The highest BCUT2D eigenvalue weighted by molar-refractivity contribution is 7.60. The van der Waals surface area contributed by atoms with E-state index in [1.807, 2.05) is 0 Å². The molecule has 0 aliphatic carbocycles. The minimum atomic E-state index is -4.03. The number of hydrogen-bond donors (Lipinski definition) is 3. The van der Waals surface area contributed by atoms with Gasteiger partial charge in [0.05, 0.1) is 5.30 Å². The second kappa shape index (κ2) is 2.23. The Labute approximate surface area is 58.1 Å². The average molecular weight is 161 g/mol. The maximum atomic E-state index is 10.5. The third-order valence-electron chi connectivity index (χ3n) is 1.15. The molecule has 5 heteroatoms. The van der Waals surface area contributed by atoms with E-state index in [2.05, 4.69) is 4.98 Å². The summed E-state index contributed by atoms with van der Waals surface area (Å²) in [4.78, 5) is 19.9. The van der Waals surface area contributed by atoms with Crippen molar-refractivity contribution in [2.45, 2.75) is 6.92 Å². The second-order valence-electron chi connectivity index (χ2n) is 2.08. The van der Waals surface area contributed by atoms with Crippen LogP contribution in [0, 0.1) is 6.92 Å². The van der Waals surface area contributed by atoms with Gasteiger partial charge in [0.2, 0.25) is 0 Å². The van der Waals surface area contributed by atoms with Crippen LogP contribution in [0.15, 0.2) is 12.3 Å². The number of rotatable bonds is 1. The van der Waals surface area contributed by atoms with Crippen molar-refractivity contribution in [2.24, 2.45) is 0 Å². The van der Waals surface area contributed by atoms with E-state index in [4.69, 9.17) is 9.79 Å². The number of nitrogens with one attached hydrogen (secondary N) is 1. The van der Waals surface area contributed by atoms with Crippen molar-refractivity contribution < 1.29 is 14.4 Å². The maximum absolute atomic E-state index is 10.5. The van der Waals surface area contributed by atoms with Crippen LogP contribution in [-0.2, 0) is 4.57 Å². The zero-order valence-corrected chi connectivity index (χ0v) is 6.30. The fourth-order valence-corrected chi connectivity index (χ4v) is 1.26. The Balaban J connectivity index is 3.08. The van der Waals surface area contributed by atoms with Crippen LogP contribution >= 0.6 is 7.60 Å². The lowest BCUT2D eigenvalue weighted by Gasteiger charge is -1.96. The van der Waals surface area contributed by atoms with E-state index in [1.54, 1.807) is 6.92 Å². The molecule has 0 unspecified atom stereocenters. The van der Waals surface area contributed by atoms with Crippen LogP contribution in [-0.4, -0.2) is 14.8 Å². The molecule has 1 aromatic rings. The van der Waals surface area contributed by atoms with Crippen molar-refractivity contribution >= 4 is 12.9 Å². The molecule has 0 fully saturated rings.